The molecule has 0 saturated heterocycles. The monoisotopic (exact) mass is 426 g/mol. The van der Waals surface area contributed by atoms with Crippen molar-refractivity contribution in [3.63, 3.8) is 0 Å². The fraction of sp³-hybridized carbons (Fsp3) is 0. The van der Waals surface area contributed by atoms with Gasteiger partial charge in [-0.2, -0.15) is 0 Å². The van der Waals surface area contributed by atoms with Crippen LogP contribution in [0.5, 0.6) is 0 Å². The Morgan fingerprint density at radius 3 is 2.62 bits per heavy atom. The normalized spacial score (nSPS) is 11.0. The molecule has 0 aliphatic heterocycles. The highest BCUT2D eigenvalue weighted by Gasteiger charge is 2.13. The summed E-state index contributed by atoms with van der Waals surface area (Å²) in [7, 11) is 0. The number of halogens is 2. The first-order chi connectivity index (χ1) is 12.5. The lowest BCUT2D eigenvalue weighted by atomic mass is 10.1. The molecule has 0 bridgehead atoms. The first-order valence-corrected chi connectivity index (χ1v) is 8.86. The van der Waals surface area contributed by atoms with Crippen molar-refractivity contribution in [1.82, 2.24) is 4.98 Å². The molecule has 0 atom stereocenters. The lowest BCUT2D eigenvalue weighted by molar-refractivity contribution is -0.254. The zero-order chi connectivity index (χ0) is 18.3. The number of carbonyl (C=O) groups excluding carboxylic acids is 1. The van der Waals surface area contributed by atoms with Crippen LogP contribution < -0.4 is 5.11 Å². The van der Waals surface area contributed by atoms with Crippen molar-refractivity contribution in [2.75, 3.05) is 0 Å². The Morgan fingerprint density at radius 2 is 1.85 bits per heavy atom. The highest BCUT2D eigenvalue weighted by Crippen LogP contribution is 2.31. The van der Waals surface area contributed by atoms with E-state index >= 15 is 0 Å². The van der Waals surface area contributed by atoms with Gasteiger partial charge in [0, 0.05) is 26.0 Å². The lowest BCUT2D eigenvalue weighted by Gasteiger charge is -2.09. The number of hydrogen-bond acceptors (Lipinski definition) is 4. The van der Waals surface area contributed by atoms with Crippen molar-refractivity contribution in [3.8, 4) is 22.8 Å². The van der Waals surface area contributed by atoms with Crippen LogP contribution in [0, 0.1) is 0 Å². The summed E-state index contributed by atoms with van der Waals surface area (Å²) in [5.74, 6) is -0.159. The van der Waals surface area contributed by atoms with Crippen molar-refractivity contribution in [3.05, 3.63) is 75.7 Å². The highest BCUT2D eigenvalue weighted by atomic mass is 79.9. The molecule has 6 heteroatoms. The maximum absolute atomic E-state index is 11.6. The van der Waals surface area contributed by atoms with E-state index in [0.29, 0.717) is 33.1 Å². The van der Waals surface area contributed by atoms with E-state index in [1.54, 1.807) is 24.3 Å². The molecule has 0 spiro atoms. The van der Waals surface area contributed by atoms with E-state index in [4.69, 9.17) is 16.0 Å². The van der Waals surface area contributed by atoms with Crippen LogP contribution in [0.25, 0.3) is 33.7 Å². The summed E-state index contributed by atoms with van der Waals surface area (Å²) in [5.41, 5.74) is 1.85. The minimum Gasteiger partial charge on any atom is -0.545 e. The van der Waals surface area contributed by atoms with Crippen LogP contribution in [0.4, 0.5) is 0 Å². The average Bonchev–Trinajstić information content (AvgIpc) is 3.11. The number of aromatic carboxylic acids is 1. The predicted octanol–water partition coefficient (Wildman–Crippen LogP) is 4.94. The topological polar surface area (TPSA) is 66.2 Å². The standard InChI is InChI=1S/C20H11BrClNO3/c21-12-3-1-2-11(8-12)18-6-7-19(26-18)17-10-15(20(24)25)14-9-13(22)4-5-16(14)23-17/h1-10H,(H,24,25)/p-1. The van der Waals surface area contributed by atoms with Gasteiger partial charge in [0.05, 0.1) is 11.5 Å². The van der Waals surface area contributed by atoms with Crippen LogP contribution in [-0.2, 0) is 0 Å². The van der Waals surface area contributed by atoms with Gasteiger partial charge in [-0.1, -0.05) is 39.7 Å². The Labute approximate surface area is 162 Å². The number of aromatic nitrogens is 1. The van der Waals surface area contributed by atoms with Crippen LogP contribution >= 0.6 is 27.5 Å². The molecule has 128 valence electrons. The van der Waals surface area contributed by atoms with Gasteiger partial charge in [-0.15, -0.1) is 0 Å². The fourth-order valence-corrected chi connectivity index (χ4v) is 3.34. The van der Waals surface area contributed by atoms with E-state index in [0.717, 1.165) is 10.0 Å². The largest absolute Gasteiger partial charge is 0.545 e. The van der Waals surface area contributed by atoms with Gasteiger partial charge < -0.3 is 14.3 Å². The molecule has 2 aromatic heterocycles. The molecule has 0 amide bonds. The zero-order valence-corrected chi connectivity index (χ0v) is 15.5. The minimum atomic E-state index is -1.29. The second kappa shape index (κ2) is 6.59. The van der Waals surface area contributed by atoms with Gasteiger partial charge in [0.25, 0.3) is 0 Å². The summed E-state index contributed by atoms with van der Waals surface area (Å²) >= 11 is 9.41. The van der Waals surface area contributed by atoms with Gasteiger partial charge in [0.1, 0.15) is 11.5 Å². The van der Waals surface area contributed by atoms with Crippen molar-refractivity contribution in [2.45, 2.75) is 0 Å². The van der Waals surface area contributed by atoms with Gasteiger partial charge in [0.2, 0.25) is 0 Å². The lowest BCUT2D eigenvalue weighted by Crippen LogP contribution is -2.22. The Bertz CT molecular complexity index is 1150. The van der Waals surface area contributed by atoms with E-state index in [1.165, 1.54) is 6.07 Å². The molecule has 26 heavy (non-hydrogen) atoms. The molecule has 4 nitrogen and oxygen atoms in total. The highest BCUT2D eigenvalue weighted by molar-refractivity contribution is 9.10. The summed E-state index contributed by atoms with van der Waals surface area (Å²) < 4.78 is 6.83. The van der Waals surface area contributed by atoms with Gasteiger partial charge in [-0.25, -0.2) is 4.98 Å². The average molecular weight is 428 g/mol. The first kappa shape index (κ1) is 16.8. The molecule has 0 unspecified atom stereocenters. The fourth-order valence-electron chi connectivity index (χ4n) is 2.77. The Morgan fingerprint density at radius 1 is 1.04 bits per heavy atom. The number of nitrogens with zero attached hydrogens (tertiary/aromatic N) is 1. The van der Waals surface area contributed by atoms with Crippen molar-refractivity contribution >= 4 is 44.4 Å². The van der Waals surface area contributed by atoms with Crippen molar-refractivity contribution in [2.24, 2.45) is 0 Å². The first-order valence-electron chi connectivity index (χ1n) is 7.69. The molecule has 4 rings (SSSR count). The van der Waals surface area contributed by atoms with E-state index in [-0.39, 0.29) is 5.56 Å². The van der Waals surface area contributed by atoms with Gasteiger partial charge in [0.15, 0.2) is 5.76 Å². The molecular formula is C20H10BrClNO3-. The zero-order valence-electron chi connectivity index (χ0n) is 13.2. The molecule has 2 heterocycles. The third-order valence-corrected chi connectivity index (χ3v) is 4.69. The summed E-state index contributed by atoms with van der Waals surface area (Å²) in [6.45, 7) is 0. The van der Waals surface area contributed by atoms with Crippen LogP contribution in [-0.4, -0.2) is 11.0 Å². The van der Waals surface area contributed by atoms with Crippen LogP contribution in [0.1, 0.15) is 10.4 Å². The number of carboxylic acid groups (broad SMARTS) is 1. The number of rotatable bonds is 3. The Balaban J connectivity index is 1.85. The SMILES string of the molecule is O=C([O-])c1cc(-c2ccc(-c3cccc(Br)c3)o2)nc2ccc(Cl)cc12. The molecule has 0 N–H and O–H groups in total. The van der Waals surface area contributed by atoms with Crippen LogP contribution in [0.15, 0.2) is 69.6 Å². The van der Waals surface area contributed by atoms with Crippen LogP contribution in [0.3, 0.4) is 0 Å². The molecule has 0 saturated carbocycles. The second-order valence-corrected chi connectivity index (χ2v) is 7.03. The summed E-state index contributed by atoms with van der Waals surface area (Å²) in [5, 5.41) is 12.4. The van der Waals surface area contributed by atoms with Crippen molar-refractivity contribution in [1.29, 1.82) is 0 Å². The van der Waals surface area contributed by atoms with Crippen molar-refractivity contribution < 1.29 is 14.3 Å². The van der Waals surface area contributed by atoms with E-state index < -0.39 is 5.97 Å². The molecule has 0 aliphatic rings. The molecular weight excluding hydrogens is 418 g/mol. The number of hydrogen-bond donors (Lipinski definition) is 0. The predicted molar refractivity (Wildman–Crippen MR) is 102 cm³/mol. The summed E-state index contributed by atoms with van der Waals surface area (Å²) in [4.78, 5) is 16.1. The van der Waals surface area contributed by atoms with Gasteiger partial charge in [-0.3, -0.25) is 0 Å². The number of benzene rings is 2. The molecule has 0 radical (unpaired) electrons. The maximum atomic E-state index is 11.6. The number of carboxylic acids is 1. The minimum absolute atomic E-state index is 0.0212. The quantitative estimate of drug-likeness (QED) is 0.464. The van der Waals surface area contributed by atoms with E-state index in [2.05, 4.69) is 20.9 Å². The number of pyridine rings is 1. The summed E-state index contributed by atoms with van der Waals surface area (Å²) in [6.07, 6.45) is 0. The molecule has 4 aromatic rings. The van der Waals surface area contributed by atoms with Gasteiger partial charge in [-0.05, 0) is 48.5 Å². The number of carbonyl (C=O) groups is 1. The smallest absolute Gasteiger partial charge is 0.153 e. The number of furan rings is 1. The molecule has 2 aromatic carbocycles. The number of fused-ring (bicyclic) bond motifs is 1. The van der Waals surface area contributed by atoms with Crippen LogP contribution in [0.2, 0.25) is 5.02 Å². The van der Waals surface area contributed by atoms with E-state index in [1.807, 2.05) is 30.3 Å². The summed E-state index contributed by atoms with van der Waals surface area (Å²) in [6, 6.07) is 17.6. The second-order valence-electron chi connectivity index (χ2n) is 5.68. The third-order valence-electron chi connectivity index (χ3n) is 3.96. The molecule has 0 aliphatic carbocycles. The third kappa shape index (κ3) is 3.11. The van der Waals surface area contributed by atoms with Gasteiger partial charge >= 0.3 is 0 Å². The maximum Gasteiger partial charge on any atom is 0.153 e. The Hall–Kier alpha value is -2.63. The Kier molecular flexibility index (Phi) is 4.26. The van der Waals surface area contributed by atoms with E-state index in [9.17, 15) is 9.90 Å². The molecule has 0 fully saturated rings.